The summed E-state index contributed by atoms with van der Waals surface area (Å²) in [5.74, 6) is 0.551. The average molecular weight is 357 g/mol. The summed E-state index contributed by atoms with van der Waals surface area (Å²) in [6, 6.07) is 10.3. The van der Waals surface area contributed by atoms with Gasteiger partial charge in [-0.2, -0.15) is 0 Å². The monoisotopic (exact) mass is 357 g/mol. The number of aromatic nitrogens is 1. The highest BCUT2D eigenvalue weighted by Crippen LogP contribution is 2.22. The van der Waals surface area contributed by atoms with Gasteiger partial charge in [0.1, 0.15) is 0 Å². The van der Waals surface area contributed by atoms with Crippen molar-refractivity contribution >= 4 is 10.9 Å². The Morgan fingerprint density at radius 2 is 2.04 bits per heavy atom. The minimum atomic E-state index is -0.0108. The van der Waals surface area contributed by atoms with Gasteiger partial charge < -0.3 is 19.8 Å². The fourth-order valence-electron chi connectivity index (χ4n) is 4.04. The van der Waals surface area contributed by atoms with Gasteiger partial charge in [-0.15, -0.1) is 0 Å². The number of nitrogens with zero attached hydrogens (tertiary/aromatic N) is 1. The van der Waals surface area contributed by atoms with E-state index in [1.165, 1.54) is 0 Å². The molecule has 0 saturated carbocycles. The zero-order chi connectivity index (χ0) is 17.8. The van der Waals surface area contributed by atoms with Crippen molar-refractivity contribution in [2.45, 2.75) is 19.0 Å². The number of hydrogen-bond donors (Lipinski definition) is 2. The highest BCUT2D eigenvalue weighted by atomic mass is 16.5. The van der Waals surface area contributed by atoms with Gasteiger partial charge in [-0.25, -0.2) is 0 Å². The quantitative estimate of drug-likeness (QED) is 0.817. The largest absolute Gasteiger partial charge is 0.381 e. The Morgan fingerprint density at radius 1 is 1.19 bits per heavy atom. The molecule has 0 radical (unpaired) electrons. The van der Waals surface area contributed by atoms with Gasteiger partial charge in [-0.1, -0.05) is 18.2 Å². The number of nitrogens with one attached hydrogen (secondary N) is 2. The first kappa shape index (κ1) is 17.7. The van der Waals surface area contributed by atoms with Crippen molar-refractivity contribution < 1.29 is 9.47 Å². The number of para-hydroxylation sites is 1. The van der Waals surface area contributed by atoms with E-state index < -0.39 is 0 Å². The molecule has 0 unspecified atom stereocenters. The van der Waals surface area contributed by atoms with Crippen LogP contribution in [0.5, 0.6) is 0 Å². The summed E-state index contributed by atoms with van der Waals surface area (Å²) in [4.78, 5) is 17.8. The minimum absolute atomic E-state index is 0.0108. The first-order chi connectivity index (χ1) is 12.8. The number of morpholine rings is 1. The molecule has 2 fully saturated rings. The molecule has 0 aliphatic carbocycles. The van der Waals surface area contributed by atoms with E-state index in [1.54, 1.807) is 0 Å². The van der Waals surface area contributed by atoms with Gasteiger partial charge in [0, 0.05) is 55.8 Å². The number of ether oxygens (including phenoxy) is 2. The normalized spacial score (nSPS) is 22.7. The summed E-state index contributed by atoms with van der Waals surface area (Å²) in [7, 11) is 0. The molecule has 6 heteroatoms. The van der Waals surface area contributed by atoms with Gasteiger partial charge in [0.15, 0.2) is 0 Å². The van der Waals surface area contributed by atoms with Crippen molar-refractivity contribution in [2.75, 3.05) is 46.1 Å². The van der Waals surface area contributed by atoms with Crippen LogP contribution in [0.3, 0.4) is 0 Å². The molecule has 2 saturated heterocycles. The second-order valence-electron chi connectivity index (χ2n) is 7.18. The summed E-state index contributed by atoms with van der Waals surface area (Å²) < 4.78 is 11.1. The summed E-state index contributed by atoms with van der Waals surface area (Å²) in [6.45, 7) is 6.67. The van der Waals surface area contributed by atoms with E-state index in [0.29, 0.717) is 18.5 Å². The zero-order valence-electron chi connectivity index (χ0n) is 15.1. The fraction of sp³-hybridized carbons (Fsp3) is 0.550. The third-order valence-corrected chi connectivity index (χ3v) is 5.52. The second kappa shape index (κ2) is 8.31. The molecule has 0 bridgehead atoms. The molecule has 26 heavy (non-hydrogen) atoms. The molecule has 3 heterocycles. The van der Waals surface area contributed by atoms with Crippen molar-refractivity contribution in [3.05, 3.63) is 46.2 Å². The van der Waals surface area contributed by atoms with Crippen molar-refractivity contribution in [1.82, 2.24) is 15.2 Å². The lowest BCUT2D eigenvalue weighted by molar-refractivity contribution is 0.00137. The van der Waals surface area contributed by atoms with Crippen molar-refractivity contribution in [2.24, 2.45) is 5.92 Å². The topological polar surface area (TPSA) is 66.6 Å². The molecule has 1 aromatic carbocycles. The van der Waals surface area contributed by atoms with E-state index in [2.05, 4.69) is 15.2 Å². The van der Waals surface area contributed by atoms with Crippen LogP contribution in [0.25, 0.3) is 10.9 Å². The van der Waals surface area contributed by atoms with Crippen LogP contribution < -0.4 is 10.9 Å². The molecule has 2 aliphatic heterocycles. The van der Waals surface area contributed by atoms with Crippen LogP contribution in [0.4, 0.5) is 0 Å². The number of hydrogen-bond acceptors (Lipinski definition) is 5. The van der Waals surface area contributed by atoms with Gasteiger partial charge in [0.25, 0.3) is 5.56 Å². The van der Waals surface area contributed by atoms with E-state index in [-0.39, 0.29) is 5.56 Å². The molecule has 2 atom stereocenters. The van der Waals surface area contributed by atoms with Crippen LogP contribution in [-0.4, -0.2) is 62.0 Å². The Balaban J connectivity index is 1.42. The maximum atomic E-state index is 12.3. The van der Waals surface area contributed by atoms with Crippen LogP contribution in [0.1, 0.15) is 12.0 Å². The van der Waals surface area contributed by atoms with Crippen molar-refractivity contribution in [1.29, 1.82) is 0 Å². The smallest absolute Gasteiger partial charge is 0.252 e. The lowest BCUT2D eigenvalue weighted by Gasteiger charge is -2.37. The minimum Gasteiger partial charge on any atom is -0.381 e. The average Bonchev–Trinajstić information content (AvgIpc) is 3.20. The van der Waals surface area contributed by atoms with Crippen LogP contribution in [-0.2, 0) is 16.0 Å². The van der Waals surface area contributed by atoms with Crippen molar-refractivity contribution in [3.8, 4) is 0 Å². The second-order valence-corrected chi connectivity index (χ2v) is 7.18. The Bertz CT molecular complexity index is 779. The summed E-state index contributed by atoms with van der Waals surface area (Å²) in [6.07, 6.45) is 1.11. The highest BCUT2D eigenvalue weighted by molar-refractivity contribution is 5.78. The van der Waals surface area contributed by atoms with E-state index >= 15 is 0 Å². The molecule has 1 aromatic heterocycles. The summed E-state index contributed by atoms with van der Waals surface area (Å²) in [5.41, 5.74) is 1.66. The molecule has 140 valence electrons. The Hall–Kier alpha value is -1.73. The van der Waals surface area contributed by atoms with E-state index in [9.17, 15) is 4.79 Å². The number of rotatable bonds is 6. The fourth-order valence-corrected chi connectivity index (χ4v) is 4.04. The molecule has 0 spiro atoms. The molecule has 0 amide bonds. The number of pyridine rings is 1. The predicted octanol–water partition coefficient (Wildman–Crippen LogP) is 1.35. The van der Waals surface area contributed by atoms with Crippen LogP contribution in [0, 0.1) is 5.92 Å². The molecule has 2 aromatic rings. The lowest BCUT2D eigenvalue weighted by Crippen LogP contribution is -2.51. The highest BCUT2D eigenvalue weighted by Gasteiger charge is 2.31. The number of aromatic amines is 1. The summed E-state index contributed by atoms with van der Waals surface area (Å²) in [5, 5.41) is 4.59. The maximum absolute atomic E-state index is 12.3. The molecule has 4 rings (SSSR count). The molecular formula is C20H27N3O3. The lowest BCUT2D eigenvalue weighted by atomic mass is 9.96. The standard InChI is InChI=1S/C20H27N3O3/c24-20-17(11-15-3-1-2-4-18(15)22-20)12-21-13-19(16-5-8-26-14-16)23-6-9-25-10-7-23/h1-4,11,16,19,21H,5-10,12-14H2,(H,22,24)/t16-,19+/m1/s1. The number of fused-ring (bicyclic) bond motifs is 1. The number of benzene rings is 1. The Kier molecular flexibility index (Phi) is 5.65. The van der Waals surface area contributed by atoms with E-state index in [1.807, 2.05) is 30.3 Å². The van der Waals surface area contributed by atoms with E-state index in [0.717, 1.165) is 68.9 Å². The Labute approximate surface area is 153 Å². The van der Waals surface area contributed by atoms with Crippen LogP contribution in [0.15, 0.2) is 35.1 Å². The van der Waals surface area contributed by atoms with Gasteiger partial charge >= 0.3 is 0 Å². The number of H-pyrrole nitrogens is 1. The first-order valence-electron chi connectivity index (χ1n) is 9.52. The first-order valence-corrected chi connectivity index (χ1v) is 9.52. The predicted molar refractivity (Wildman–Crippen MR) is 101 cm³/mol. The molecular weight excluding hydrogens is 330 g/mol. The maximum Gasteiger partial charge on any atom is 0.252 e. The van der Waals surface area contributed by atoms with Gasteiger partial charge in [-0.3, -0.25) is 9.69 Å². The molecule has 2 N–H and O–H groups in total. The van der Waals surface area contributed by atoms with Gasteiger partial charge in [0.05, 0.1) is 19.8 Å². The Morgan fingerprint density at radius 3 is 2.85 bits per heavy atom. The third kappa shape index (κ3) is 3.99. The van der Waals surface area contributed by atoms with Crippen molar-refractivity contribution in [3.63, 3.8) is 0 Å². The molecule has 2 aliphatic rings. The van der Waals surface area contributed by atoms with Crippen LogP contribution >= 0.6 is 0 Å². The zero-order valence-corrected chi connectivity index (χ0v) is 15.1. The van der Waals surface area contributed by atoms with Crippen LogP contribution in [0.2, 0.25) is 0 Å². The summed E-state index contributed by atoms with van der Waals surface area (Å²) >= 11 is 0. The third-order valence-electron chi connectivity index (χ3n) is 5.52. The SMILES string of the molecule is O=c1[nH]c2ccccc2cc1CNC[C@@H]([C@@H]1CCOC1)N1CCOCC1. The van der Waals surface area contributed by atoms with Gasteiger partial charge in [-0.05, 0) is 23.9 Å². The van der Waals surface area contributed by atoms with Gasteiger partial charge in [0.2, 0.25) is 0 Å². The molecule has 6 nitrogen and oxygen atoms in total. The van der Waals surface area contributed by atoms with E-state index in [4.69, 9.17) is 9.47 Å².